The molecule has 1 atom stereocenters. The molecule has 0 saturated heterocycles. The number of aryl methyl sites for hydroxylation is 2. The first kappa shape index (κ1) is 12.6. The van der Waals surface area contributed by atoms with Gasteiger partial charge in [-0.25, -0.2) is 0 Å². The summed E-state index contributed by atoms with van der Waals surface area (Å²) < 4.78 is 0. The van der Waals surface area contributed by atoms with Crippen LogP contribution in [-0.4, -0.2) is 12.6 Å². The lowest BCUT2D eigenvalue weighted by Crippen LogP contribution is -2.25. The maximum atomic E-state index is 3.65. The van der Waals surface area contributed by atoms with Crippen LogP contribution in [0.2, 0.25) is 0 Å². The highest BCUT2D eigenvalue weighted by molar-refractivity contribution is 5.30. The minimum atomic E-state index is 0.790. The van der Waals surface area contributed by atoms with Gasteiger partial charge < -0.3 is 5.32 Å². The van der Waals surface area contributed by atoms with Gasteiger partial charge in [0.25, 0.3) is 0 Å². The molecule has 17 heavy (non-hydrogen) atoms. The van der Waals surface area contributed by atoms with Gasteiger partial charge in [-0.1, -0.05) is 31.5 Å². The smallest absolute Gasteiger partial charge is 0.00683 e. The van der Waals surface area contributed by atoms with Gasteiger partial charge in [-0.05, 0) is 62.3 Å². The van der Waals surface area contributed by atoms with E-state index in [-0.39, 0.29) is 0 Å². The van der Waals surface area contributed by atoms with Crippen molar-refractivity contribution < 1.29 is 0 Å². The number of nitrogens with one attached hydrogen (secondary N) is 1. The Hall–Kier alpha value is -0.820. The van der Waals surface area contributed by atoms with Crippen LogP contribution >= 0.6 is 0 Å². The summed E-state index contributed by atoms with van der Waals surface area (Å²) in [6, 6.07) is 7.74. The molecule has 1 nitrogen and oxygen atoms in total. The molecule has 1 unspecified atom stereocenters. The number of hydrogen-bond acceptors (Lipinski definition) is 1. The summed E-state index contributed by atoms with van der Waals surface area (Å²) in [7, 11) is 0. The molecule has 2 rings (SSSR count). The second-order valence-corrected chi connectivity index (χ2v) is 5.58. The SMILES string of the molecule is CCC(CNC1CC1)Cc1ccc(C)c(C)c1. The van der Waals surface area contributed by atoms with Crippen molar-refractivity contribution in [1.82, 2.24) is 5.32 Å². The van der Waals surface area contributed by atoms with E-state index in [1.54, 1.807) is 0 Å². The molecule has 1 aromatic rings. The molecule has 1 saturated carbocycles. The van der Waals surface area contributed by atoms with Crippen molar-refractivity contribution in [1.29, 1.82) is 0 Å². The van der Waals surface area contributed by atoms with Crippen LogP contribution in [0, 0.1) is 19.8 Å². The predicted octanol–water partition coefficient (Wildman–Crippen LogP) is 3.62. The van der Waals surface area contributed by atoms with Crippen LogP contribution in [0.1, 0.15) is 42.9 Å². The molecule has 0 bridgehead atoms. The first-order chi connectivity index (χ1) is 8.19. The molecule has 1 fully saturated rings. The zero-order valence-electron chi connectivity index (χ0n) is 11.4. The summed E-state index contributed by atoms with van der Waals surface area (Å²) in [4.78, 5) is 0. The fourth-order valence-electron chi connectivity index (χ4n) is 2.25. The molecule has 94 valence electrons. The summed E-state index contributed by atoms with van der Waals surface area (Å²) >= 11 is 0. The molecule has 1 heteroatoms. The fraction of sp³-hybridized carbons (Fsp3) is 0.625. The Bertz CT molecular complexity index is 366. The topological polar surface area (TPSA) is 12.0 Å². The molecule has 0 radical (unpaired) electrons. The second kappa shape index (κ2) is 5.68. The lowest BCUT2D eigenvalue weighted by Gasteiger charge is -2.16. The summed E-state index contributed by atoms with van der Waals surface area (Å²) in [5, 5.41) is 3.65. The third kappa shape index (κ3) is 3.85. The van der Waals surface area contributed by atoms with Crippen molar-refractivity contribution in [2.45, 2.75) is 52.5 Å². The van der Waals surface area contributed by atoms with Crippen LogP contribution in [0.25, 0.3) is 0 Å². The lowest BCUT2D eigenvalue weighted by molar-refractivity contribution is 0.458. The Labute approximate surface area is 106 Å². The third-order valence-electron chi connectivity index (χ3n) is 3.95. The lowest BCUT2D eigenvalue weighted by atomic mass is 9.94. The summed E-state index contributed by atoms with van der Waals surface area (Å²) in [6.45, 7) is 7.89. The first-order valence-electron chi connectivity index (χ1n) is 6.98. The van der Waals surface area contributed by atoms with E-state index >= 15 is 0 Å². The van der Waals surface area contributed by atoms with Gasteiger partial charge in [-0.2, -0.15) is 0 Å². The maximum absolute atomic E-state index is 3.65. The van der Waals surface area contributed by atoms with E-state index in [4.69, 9.17) is 0 Å². The zero-order chi connectivity index (χ0) is 12.3. The van der Waals surface area contributed by atoms with Crippen molar-refractivity contribution in [2.24, 2.45) is 5.92 Å². The van der Waals surface area contributed by atoms with E-state index in [1.165, 1.54) is 48.9 Å². The van der Waals surface area contributed by atoms with Gasteiger partial charge in [0.2, 0.25) is 0 Å². The molecule has 0 spiro atoms. The summed E-state index contributed by atoms with van der Waals surface area (Å²) in [6.07, 6.45) is 5.27. The monoisotopic (exact) mass is 231 g/mol. The average molecular weight is 231 g/mol. The second-order valence-electron chi connectivity index (χ2n) is 5.58. The van der Waals surface area contributed by atoms with Crippen molar-refractivity contribution >= 4 is 0 Å². The first-order valence-corrected chi connectivity index (χ1v) is 6.98. The molecule has 1 aliphatic rings. The highest BCUT2D eigenvalue weighted by Gasteiger charge is 2.21. The van der Waals surface area contributed by atoms with Crippen LogP contribution in [0.5, 0.6) is 0 Å². The molecular formula is C16H25N. The van der Waals surface area contributed by atoms with Crippen LogP contribution in [0.15, 0.2) is 18.2 Å². The van der Waals surface area contributed by atoms with Crippen LogP contribution in [0.4, 0.5) is 0 Å². The molecule has 0 aliphatic heterocycles. The van der Waals surface area contributed by atoms with Gasteiger partial charge in [0.05, 0.1) is 0 Å². The molecule has 1 aromatic carbocycles. The molecule has 1 N–H and O–H groups in total. The molecule has 0 heterocycles. The Morgan fingerprint density at radius 3 is 2.59 bits per heavy atom. The predicted molar refractivity (Wildman–Crippen MR) is 74.4 cm³/mol. The van der Waals surface area contributed by atoms with Crippen molar-refractivity contribution in [3.8, 4) is 0 Å². The van der Waals surface area contributed by atoms with E-state index in [0.29, 0.717) is 0 Å². The van der Waals surface area contributed by atoms with Crippen LogP contribution in [0.3, 0.4) is 0 Å². The highest BCUT2D eigenvalue weighted by Crippen LogP contribution is 2.20. The van der Waals surface area contributed by atoms with Crippen molar-refractivity contribution in [3.63, 3.8) is 0 Å². The molecular weight excluding hydrogens is 206 g/mol. The summed E-state index contributed by atoms with van der Waals surface area (Å²) in [5.41, 5.74) is 4.32. The van der Waals surface area contributed by atoms with Gasteiger partial charge in [0, 0.05) is 6.04 Å². The number of benzene rings is 1. The van der Waals surface area contributed by atoms with E-state index in [9.17, 15) is 0 Å². The quantitative estimate of drug-likeness (QED) is 0.788. The van der Waals surface area contributed by atoms with Crippen molar-refractivity contribution in [2.75, 3.05) is 6.54 Å². The standard InChI is InChI=1S/C16H25N/c1-4-14(11-17-16-7-8-16)10-15-6-5-12(2)13(3)9-15/h5-6,9,14,16-17H,4,7-8,10-11H2,1-3H3. The Kier molecular flexibility index (Phi) is 4.22. The van der Waals surface area contributed by atoms with Gasteiger partial charge >= 0.3 is 0 Å². The zero-order valence-corrected chi connectivity index (χ0v) is 11.4. The molecule has 0 aromatic heterocycles. The Balaban J connectivity index is 1.89. The van der Waals surface area contributed by atoms with Crippen LogP contribution < -0.4 is 5.32 Å². The van der Waals surface area contributed by atoms with E-state index in [2.05, 4.69) is 44.3 Å². The Morgan fingerprint density at radius 1 is 1.24 bits per heavy atom. The maximum Gasteiger partial charge on any atom is 0.00683 e. The third-order valence-corrected chi connectivity index (χ3v) is 3.95. The van der Waals surface area contributed by atoms with Gasteiger partial charge in [0.15, 0.2) is 0 Å². The minimum Gasteiger partial charge on any atom is -0.314 e. The average Bonchev–Trinajstić information content (AvgIpc) is 3.13. The van der Waals surface area contributed by atoms with Crippen molar-refractivity contribution in [3.05, 3.63) is 34.9 Å². The minimum absolute atomic E-state index is 0.790. The van der Waals surface area contributed by atoms with Crippen LogP contribution in [-0.2, 0) is 6.42 Å². The van der Waals surface area contributed by atoms with Gasteiger partial charge in [-0.15, -0.1) is 0 Å². The molecule has 0 amide bonds. The Morgan fingerprint density at radius 2 is 2.00 bits per heavy atom. The van der Waals surface area contributed by atoms with E-state index in [0.717, 1.165) is 12.0 Å². The van der Waals surface area contributed by atoms with Gasteiger partial charge in [0.1, 0.15) is 0 Å². The van der Waals surface area contributed by atoms with E-state index < -0.39 is 0 Å². The number of rotatable bonds is 6. The summed E-state index contributed by atoms with van der Waals surface area (Å²) in [5.74, 6) is 0.790. The normalized spacial score (nSPS) is 17.1. The number of hydrogen-bond donors (Lipinski definition) is 1. The fourth-order valence-corrected chi connectivity index (χ4v) is 2.25. The van der Waals surface area contributed by atoms with E-state index in [1.807, 2.05) is 0 Å². The highest BCUT2D eigenvalue weighted by atomic mass is 14.9. The van der Waals surface area contributed by atoms with Gasteiger partial charge in [-0.3, -0.25) is 0 Å². The largest absolute Gasteiger partial charge is 0.314 e. The molecule has 1 aliphatic carbocycles.